The van der Waals surface area contributed by atoms with Gasteiger partial charge in [0, 0.05) is 29.9 Å². The van der Waals surface area contributed by atoms with Crippen molar-refractivity contribution in [1.29, 1.82) is 5.26 Å². The van der Waals surface area contributed by atoms with Crippen LogP contribution in [0.25, 0.3) is 0 Å². The van der Waals surface area contributed by atoms with Crippen molar-refractivity contribution in [3.8, 4) is 6.07 Å². The van der Waals surface area contributed by atoms with Crippen molar-refractivity contribution in [3.63, 3.8) is 0 Å². The minimum absolute atomic E-state index is 0.110. The van der Waals surface area contributed by atoms with Gasteiger partial charge in [-0.15, -0.1) is 11.3 Å². The Morgan fingerprint density at radius 3 is 2.58 bits per heavy atom. The molecule has 0 aliphatic carbocycles. The summed E-state index contributed by atoms with van der Waals surface area (Å²) in [6.07, 6.45) is 1.49. The molecule has 2 unspecified atom stereocenters. The average molecular weight is 279 g/mol. The molecule has 3 nitrogen and oxygen atoms in total. The Balaban J connectivity index is 3.07. The second-order valence-electron chi connectivity index (χ2n) is 5.22. The summed E-state index contributed by atoms with van der Waals surface area (Å²) in [6, 6.07) is 5.11. The van der Waals surface area contributed by atoms with Gasteiger partial charge in [0.2, 0.25) is 0 Å². The number of nitrogens with zero attached hydrogens (tertiary/aromatic N) is 2. The summed E-state index contributed by atoms with van der Waals surface area (Å²) in [4.78, 5) is 3.72. The summed E-state index contributed by atoms with van der Waals surface area (Å²) in [6.45, 7) is 9.41. The standard InChI is InChI=1S/C15H25N3S/c1-5-13(17)14(15-12(4)7-10-19-15)18(11(2)3)9-6-8-16/h7,10-11,13-14H,5-6,9,17H2,1-4H3. The lowest BCUT2D eigenvalue weighted by Gasteiger charge is -2.37. The van der Waals surface area contributed by atoms with E-state index in [4.69, 9.17) is 11.0 Å². The Bertz CT molecular complexity index is 419. The molecule has 0 bridgehead atoms. The van der Waals surface area contributed by atoms with E-state index < -0.39 is 0 Å². The molecule has 1 heterocycles. The van der Waals surface area contributed by atoms with E-state index in [1.807, 2.05) is 0 Å². The van der Waals surface area contributed by atoms with Gasteiger partial charge in [0.15, 0.2) is 0 Å². The number of rotatable bonds is 7. The molecule has 0 saturated carbocycles. The molecule has 106 valence electrons. The number of nitriles is 1. The quantitative estimate of drug-likeness (QED) is 0.831. The molecule has 0 spiro atoms. The monoisotopic (exact) mass is 279 g/mol. The van der Waals surface area contributed by atoms with Crippen LogP contribution < -0.4 is 5.73 Å². The molecule has 19 heavy (non-hydrogen) atoms. The van der Waals surface area contributed by atoms with Gasteiger partial charge in [-0.05, 0) is 44.2 Å². The molecule has 0 aliphatic heterocycles. The van der Waals surface area contributed by atoms with Crippen molar-refractivity contribution < 1.29 is 0 Å². The Kier molecular flexibility index (Phi) is 6.50. The third-order valence-corrected chi connectivity index (χ3v) is 4.64. The van der Waals surface area contributed by atoms with Crippen LogP contribution in [0.2, 0.25) is 0 Å². The predicted octanol–water partition coefficient (Wildman–Crippen LogP) is 3.46. The highest BCUT2D eigenvalue weighted by Crippen LogP contribution is 2.33. The molecule has 2 N–H and O–H groups in total. The van der Waals surface area contributed by atoms with Crippen LogP contribution in [0.15, 0.2) is 11.4 Å². The van der Waals surface area contributed by atoms with E-state index in [1.165, 1.54) is 10.4 Å². The maximum atomic E-state index is 8.85. The Labute approximate surface area is 121 Å². The second kappa shape index (κ2) is 7.64. The van der Waals surface area contributed by atoms with Gasteiger partial charge in [0.1, 0.15) is 0 Å². The van der Waals surface area contributed by atoms with Gasteiger partial charge < -0.3 is 5.73 Å². The smallest absolute Gasteiger partial charge is 0.0635 e. The van der Waals surface area contributed by atoms with Crippen molar-refractivity contribution >= 4 is 11.3 Å². The van der Waals surface area contributed by atoms with Crippen LogP contribution in [-0.2, 0) is 0 Å². The third kappa shape index (κ3) is 4.04. The lowest BCUT2D eigenvalue weighted by molar-refractivity contribution is 0.135. The third-order valence-electron chi connectivity index (χ3n) is 3.55. The summed E-state index contributed by atoms with van der Waals surface area (Å²) >= 11 is 1.78. The highest BCUT2D eigenvalue weighted by atomic mass is 32.1. The van der Waals surface area contributed by atoms with Crippen LogP contribution in [0.1, 0.15) is 50.1 Å². The minimum Gasteiger partial charge on any atom is -0.326 e. The first-order chi connectivity index (χ1) is 9.02. The molecule has 0 aromatic carbocycles. The molecule has 4 heteroatoms. The first kappa shape index (κ1) is 16.2. The first-order valence-electron chi connectivity index (χ1n) is 6.95. The van der Waals surface area contributed by atoms with Crippen LogP contribution in [0.5, 0.6) is 0 Å². The average Bonchev–Trinajstić information content (AvgIpc) is 2.79. The summed E-state index contributed by atoms with van der Waals surface area (Å²) < 4.78 is 0. The van der Waals surface area contributed by atoms with E-state index in [9.17, 15) is 0 Å². The lowest BCUT2D eigenvalue weighted by atomic mass is 9.99. The van der Waals surface area contributed by atoms with Crippen LogP contribution in [0, 0.1) is 18.3 Å². The Morgan fingerprint density at radius 2 is 2.16 bits per heavy atom. The highest BCUT2D eigenvalue weighted by molar-refractivity contribution is 7.10. The van der Waals surface area contributed by atoms with E-state index in [1.54, 1.807) is 11.3 Å². The molecule has 0 aliphatic rings. The van der Waals surface area contributed by atoms with Gasteiger partial charge in [0.05, 0.1) is 12.1 Å². The van der Waals surface area contributed by atoms with Crippen molar-refractivity contribution in [2.24, 2.45) is 5.73 Å². The SMILES string of the molecule is CCC(N)C(c1sccc1C)N(CCC#N)C(C)C. The molecule has 0 fully saturated rings. The van der Waals surface area contributed by atoms with E-state index >= 15 is 0 Å². The minimum atomic E-state index is 0.110. The number of hydrogen-bond acceptors (Lipinski definition) is 4. The molecular weight excluding hydrogens is 254 g/mol. The summed E-state index contributed by atoms with van der Waals surface area (Å²) in [5, 5.41) is 11.0. The molecule has 1 aromatic rings. The topological polar surface area (TPSA) is 53.0 Å². The number of nitrogens with two attached hydrogens (primary N) is 1. The summed E-state index contributed by atoms with van der Waals surface area (Å²) in [7, 11) is 0. The first-order valence-corrected chi connectivity index (χ1v) is 7.83. The predicted molar refractivity (Wildman–Crippen MR) is 82.1 cm³/mol. The van der Waals surface area contributed by atoms with Crippen LogP contribution >= 0.6 is 11.3 Å². The van der Waals surface area contributed by atoms with Crippen molar-refractivity contribution in [2.45, 2.75) is 58.7 Å². The second-order valence-corrected chi connectivity index (χ2v) is 6.17. The number of aryl methyl sites for hydroxylation is 1. The maximum Gasteiger partial charge on any atom is 0.0635 e. The normalized spacial score (nSPS) is 14.6. The molecule has 0 amide bonds. The molecule has 0 radical (unpaired) electrons. The van der Waals surface area contributed by atoms with Crippen molar-refractivity contribution in [2.75, 3.05) is 6.54 Å². The van der Waals surface area contributed by atoms with Crippen molar-refractivity contribution in [3.05, 3.63) is 21.9 Å². The fourth-order valence-corrected chi connectivity index (χ4v) is 3.52. The van der Waals surface area contributed by atoms with E-state index in [2.05, 4.69) is 50.1 Å². The van der Waals surface area contributed by atoms with Gasteiger partial charge in [-0.2, -0.15) is 5.26 Å². The molecule has 1 aromatic heterocycles. The summed E-state index contributed by atoms with van der Waals surface area (Å²) in [5.74, 6) is 0. The molecular formula is C15H25N3S. The van der Waals surface area contributed by atoms with E-state index in [-0.39, 0.29) is 12.1 Å². The van der Waals surface area contributed by atoms with Gasteiger partial charge in [-0.1, -0.05) is 6.92 Å². The zero-order chi connectivity index (χ0) is 14.4. The van der Waals surface area contributed by atoms with Gasteiger partial charge in [0.25, 0.3) is 0 Å². The van der Waals surface area contributed by atoms with E-state index in [0.717, 1.165) is 13.0 Å². The molecule has 1 rings (SSSR count). The zero-order valence-electron chi connectivity index (χ0n) is 12.4. The zero-order valence-corrected chi connectivity index (χ0v) is 13.2. The number of hydrogen-bond donors (Lipinski definition) is 1. The number of thiophene rings is 1. The van der Waals surface area contributed by atoms with Crippen LogP contribution in [0.4, 0.5) is 0 Å². The van der Waals surface area contributed by atoms with Gasteiger partial charge >= 0.3 is 0 Å². The van der Waals surface area contributed by atoms with E-state index in [0.29, 0.717) is 12.5 Å². The fourth-order valence-electron chi connectivity index (χ4n) is 2.40. The highest BCUT2D eigenvalue weighted by Gasteiger charge is 2.29. The maximum absolute atomic E-state index is 8.85. The van der Waals surface area contributed by atoms with Crippen LogP contribution in [0.3, 0.4) is 0 Å². The Hall–Kier alpha value is -0.890. The Morgan fingerprint density at radius 1 is 1.47 bits per heavy atom. The van der Waals surface area contributed by atoms with Crippen LogP contribution in [-0.4, -0.2) is 23.5 Å². The van der Waals surface area contributed by atoms with Gasteiger partial charge in [-0.25, -0.2) is 0 Å². The summed E-state index contributed by atoms with van der Waals surface area (Å²) in [5.41, 5.74) is 7.68. The fraction of sp³-hybridized carbons (Fsp3) is 0.667. The molecule has 2 atom stereocenters. The van der Waals surface area contributed by atoms with Crippen molar-refractivity contribution in [1.82, 2.24) is 4.90 Å². The lowest BCUT2D eigenvalue weighted by Crippen LogP contribution is -2.44. The largest absolute Gasteiger partial charge is 0.326 e. The molecule has 0 saturated heterocycles. The van der Waals surface area contributed by atoms with Gasteiger partial charge in [-0.3, -0.25) is 4.90 Å².